The summed E-state index contributed by atoms with van der Waals surface area (Å²) in [6.07, 6.45) is -2.89. The number of carbonyl (C=O) groups is 1. The number of aromatic nitrogens is 2. The van der Waals surface area contributed by atoms with E-state index in [1.807, 2.05) is 6.92 Å². The molecule has 1 aromatic rings. The van der Waals surface area contributed by atoms with Gasteiger partial charge in [-0.25, -0.2) is 0 Å². The van der Waals surface area contributed by atoms with E-state index in [1.165, 1.54) is 9.58 Å². The summed E-state index contributed by atoms with van der Waals surface area (Å²) in [5.41, 5.74) is 6.46. The summed E-state index contributed by atoms with van der Waals surface area (Å²) in [7, 11) is 1.60. The van der Waals surface area contributed by atoms with Gasteiger partial charge in [0.25, 0.3) is 5.91 Å². The number of alkyl halides is 3. The molecule has 0 saturated heterocycles. The second-order valence-corrected chi connectivity index (χ2v) is 4.91. The molecule has 0 aliphatic carbocycles. The van der Waals surface area contributed by atoms with Crippen molar-refractivity contribution in [3.63, 3.8) is 0 Å². The minimum absolute atomic E-state index is 0.0241. The van der Waals surface area contributed by atoms with Crippen LogP contribution in [0.2, 0.25) is 0 Å². The van der Waals surface area contributed by atoms with Crippen LogP contribution in [0.1, 0.15) is 29.5 Å². The second-order valence-electron chi connectivity index (χ2n) is 4.91. The molecule has 0 fully saturated rings. The lowest BCUT2D eigenvalue weighted by Gasteiger charge is -2.27. The van der Waals surface area contributed by atoms with Crippen LogP contribution in [0.4, 0.5) is 18.9 Å². The highest BCUT2D eigenvalue weighted by Gasteiger charge is 2.36. The third-order valence-electron chi connectivity index (χ3n) is 3.56. The van der Waals surface area contributed by atoms with Crippen molar-refractivity contribution in [3.8, 4) is 0 Å². The number of nitrogens with zero attached hydrogens (tertiary/aromatic N) is 3. The lowest BCUT2D eigenvalue weighted by atomic mass is 10.1. The fraction of sp³-hybridized carbons (Fsp3) is 0.538. The first-order chi connectivity index (χ1) is 9.75. The normalized spacial score (nSPS) is 16.0. The van der Waals surface area contributed by atoms with E-state index in [9.17, 15) is 18.0 Å². The smallest absolute Gasteiger partial charge is 0.395 e. The number of halogens is 3. The molecule has 1 aromatic heterocycles. The predicted molar refractivity (Wildman–Crippen MR) is 71.7 cm³/mol. The van der Waals surface area contributed by atoms with Crippen molar-refractivity contribution in [2.45, 2.75) is 25.9 Å². The van der Waals surface area contributed by atoms with Gasteiger partial charge < -0.3 is 10.6 Å². The van der Waals surface area contributed by atoms with E-state index in [4.69, 9.17) is 5.73 Å². The average molecular weight is 302 g/mol. The molecule has 0 spiro atoms. The maximum absolute atomic E-state index is 12.6. The number of hydrogen-bond donors (Lipinski definition) is 1. The van der Waals surface area contributed by atoms with E-state index in [0.29, 0.717) is 17.8 Å². The van der Waals surface area contributed by atoms with Crippen LogP contribution in [0.15, 0.2) is 11.6 Å². The number of nitrogen functional groups attached to an aromatic ring is 1. The Labute approximate surface area is 120 Å². The molecule has 1 amide bonds. The minimum Gasteiger partial charge on any atom is -0.395 e. The van der Waals surface area contributed by atoms with Gasteiger partial charge in [-0.1, -0.05) is 13.0 Å². The van der Waals surface area contributed by atoms with Crippen LogP contribution in [0, 0.1) is 0 Å². The maximum atomic E-state index is 12.6. The van der Waals surface area contributed by atoms with Crippen molar-refractivity contribution in [2.75, 3.05) is 18.8 Å². The lowest BCUT2D eigenvalue weighted by molar-refractivity contribution is -0.0957. The Morgan fingerprint density at radius 3 is 2.57 bits per heavy atom. The van der Waals surface area contributed by atoms with Crippen molar-refractivity contribution in [3.05, 3.63) is 23.0 Å². The van der Waals surface area contributed by atoms with Crippen LogP contribution in [-0.4, -0.2) is 39.9 Å². The SMILES string of the molecule is CCc1nn(C)c(C(=O)N2CC=C(C(F)(F)F)CC2)c1N. The van der Waals surface area contributed by atoms with Crippen molar-refractivity contribution in [2.24, 2.45) is 7.05 Å². The first-order valence-corrected chi connectivity index (χ1v) is 6.62. The van der Waals surface area contributed by atoms with Gasteiger partial charge in [0.15, 0.2) is 0 Å². The van der Waals surface area contributed by atoms with Crippen LogP contribution in [0.5, 0.6) is 0 Å². The highest BCUT2D eigenvalue weighted by atomic mass is 19.4. The topological polar surface area (TPSA) is 64.2 Å². The van der Waals surface area contributed by atoms with Gasteiger partial charge >= 0.3 is 6.18 Å². The predicted octanol–water partition coefficient (Wildman–Crippen LogP) is 1.90. The van der Waals surface area contributed by atoms with Gasteiger partial charge in [-0.15, -0.1) is 0 Å². The van der Waals surface area contributed by atoms with E-state index >= 15 is 0 Å². The molecule has 0 atom stereocenters. The van der Waals surface area contributed by atoms with E-state index in [1.54, 1.807) is 7.05 Å². The van der Waals surface area contributed by atoms with Crippen molar-refractivity contribution >= 4 is 11.6 Å². The van der Waals surface area contributed by atoms with Gasteiger partial charge in [0.2, 0.25) is 0 Å². The van der Waals surface area contributed by atoms with Crippen molar-refractivity contribution in [1.29, 1.82) is 0 Å². The van der Waals surface area contributed by atoms with E-state index in [0.717, 1.165) is 6.08 Å². The van der Waals surface area contributed by atoms with Crippen LogP contribution >= 0.6 is 0 Å². The van der Waals surface area contributed by atoms with E-state index in [-0.39, 0.29) is 31.1 Å². The van der Waals surface area contributed by atoms with Gasteiger partial charge in [-0.2, -0.15) is 18.3 Å². The first-order valence-electron chi connectivity index (χ1n) is 6.62. The third-order valence-corrected chi connectivity index (χ3v) is 3.56. The quantitative estimate of drug-likeness (QED) is 0.849. The highest BCUT2D eigenvalue weighted by Crippen LogP contribution is 2.30. The number of aryl methyl sites for hydroxylation is 2. The first kappa shape index (κ1) is 15.4. The molecule has 21 heavy (non-hydrogen) atoms. The summed E-state index contributed by atoms with van der Waals surface area (Å²) >= 11 is 0. The van der Waals surface area contributed by atoms with Crippen LogP contribution in [0.25, 0.3) is 0 Å². The third kappa shape index (κ3) is 2.88. The summed E-state index contributed by atoms with van der Waals surface area (Å²) in [6, 6.07) is 0. The summed E-state index contributed by atoms with van der Waals surface area (Å²) < 4.78 is 39.1. The zero-order valence-electron chi connectivity index (χ0n) is 11.9. The van der Waals surface area contributed by atoms with Gasteiger partial charge in [-0.3, -0.25) is 9.48 Å². The van der Waals surface area contributed by atoms with Crippen LogP contribution in [-0.2, 0) is 13.5 Å². The largest absolute Gasteiger partial charge is 0.412 e. The Hall–Kier alpha value is -1.99. The van der Waals surface area contributed by atoms with Gasteiger partial charge in [-0.05, 0) is 12.8 Å². The van der Waals surface area contributed by atoms with Crippen LogP contribution < -0.4 is 5.73 Å². The Morgan fingerprint density at radius 2 is 2.14 bits per heavy atom. The lowest BCUT2D eigenvalue weighted by Crippen LogP contribution is -2.38. The Morgan fingerprint density at radius 1 is 1.48 bits per heavy atom. The number of nitrogens with two attached hydrogens (primary N) is 1. The van der Waals surface area contributed by atoms with Gasteiger partial charge in [0, 0.05) is 25.7 Å². The Bertz CT molecular complexity index is 589. The molecular weight excluding hydrogens is 285 g/mol. The molecule has 0 unspecified atom stereocenters. The average Bonchev–Trinajstić information content (AvgIpc) is 2.72. The molecule has 2 N–H and O–H groups in total. The highest BCUT2D eigenvalue weighted by molar-refractivity contribution is 5.98. The van der Waals surface area contributed by atoms with Crippen molar-refractivity contribution in [1.82, 2.24) is 14.7 Å². The number of carbonyl (C=O) groups excluding carboxylic acids is 1. The zero-order chi connectivity index (χ0) is 15.8. The Kier molecular flexibility index (Phi) is 3.97. The molecule has 2 heterocycles. The molecule has 2 rings (SSSR count). The minimum atomic E-state index is -4.32. The Balaban J connectivity index is 2.20. The molecular formula is C13H17F3N4O. The second kappa shape index (κ2) is 5.42. The number of anilines is 1. The molecule has 116 valence electrons. The molecule has 5 nitrogen and oxygen atoms in total. The molecule has 8 heteroatoms. The maximum Gasteiger partial charge on any atom is 0.412 e. The summed E-state index contributed by atoms with van der Waals surface area (Å²) in [5.74, 6) is -0.389. The van der Waals surface area contributed by atoms with Crippen LogP contribution in [0.3, 0.4) is 0 Å². The number of rotatable bonds is 2. The van der Waals surface area contributed by atoms with E-state index in [2.05, 4.69) is 5.10 Å². The van der Waals surface area contributed by atoms with Gasteiger partial charge in [0.1, 0.15) is 5.69 Å². The molecule has 0 saturated carbocycles. The summed E-state index contributed by atoms with van der Waals surface area (Å²) in [5, 5.41) is 4.15. The monoisotopic (exact) mass is 302 g/mol. The molecule has 0 aromatic carbocycles. The molecule has 0 radical (unpaired) electrons. The molecule has 0 bridgehead atoms. The fourth-order valence-electron chi connectivity index (χ4n) is 2.37. The van der Waals surface area contributed by atoms with Crippen molar-refractivity contribution < 1.29 is 18.0 Å². The number of hydrogen-bond acceptors (Lipinski definition) is 3. The van der Waals surface area contributed by atoms with Gasteiger partial charge in [0.05, 0.1) is 11.4 Å². The fourth-order valence-corrected chi connectivity index (χ4v) is 2.37. The molecule has 1 aliphatic rings. The summed E-state index contributed by atoms with van der Waals surface area (Å²) in [6.45, 7) is 1.82. The number of amides is 1. The summed E-state index contributed by atoms with van der Waals surface area (Å²) in [4.78, 5) is 13.8. The van der Waals surface area contributed by atoms with E-state index < -0.39 is 11.7 Å². The standard InChI is InChI=1S/C13H17F3N4O/c1-3-9-10(17)11(19(2)18-9)12(21)20-6-4-8(5-7-20)13(14,15)16/h4H,3,5-7,17H2,1-2H3. The zero-order valence-corrected chi connectivity index (χ0v) is 11.9. The molecule has 1 aliphatic heterocycles.